The summed E-state index contributed by atoms with van der Waals surface area (Å²) in [6, 6.07) is 19.4. The van der Waals surface area contributed by atoms with Crippen LogP contribution in [0.25, 0.3) is 0 Å². The molecule has 0 fully saturated rings. The highest BCUT2D eigenvalue weighted by atomic mass is 32.2. The fourth-order valence-corrected chi connectivity index (χ4v) is 5.58. The van der Waals surface area contributed by atoms with E-state index in [1.54, 1.807) is 48.5 Å². The lowest BCUT2D eigenvalue weighted by atomic mass is 10.00. The molecular formula is C26H28N2O4S. The van der Waals surface area contributed by atoms with Crippen LogP contribution in [0.5, 0.6) is 5.75 Å². The molecule has 0 aromatic heterocycles. The van der Waals surface area contributed by atoms with Crippen LogP contribution in [0.2, 0.25) is 0 Å². The van der Waals surface area contributed by atoms with E-state index in [1.807, 2.05) is 39.8 Å². The van der Waals surface area contributed by atoms with Crippen molar-refractivity contribution < 1.29 is 17.9 Å². The molecule has 0 unspecified atom stereocenters. The first-order valence-electron chi connectivity index (χ1n) is 10.9. The number of sulfonamides is 1. The topological polar surface area (TPSA) is 75.7 Å². The lowest BCUT2D eigenvalue weighted by Crippen LogP contribution is -2.51. The van der Waals surface area contributed by atoms with Gasteiger partial charge in [-0.15, -0.1) is 0 Å². The van der Waals surface area contributed by atoms with E-state index in [9.17, 15) is 13.2 Å². The summed E-state index contributed by atoms with van der Waals surface area (Å²) in [5.74, 6) is -0.000148. The van der Waals surface area contributed by atoms with Crippen molar-refractivity contribution in [1.82, 2.24) is 5.32 Å². The van der Waals surface area contributed by atoms with Gasteiger partial charge in [-0.3, -0.25) is 9.10 Å². The van der Waals surface area contributed by atoms with Crippen LogP contribution in [0.1, 0.15) is 35.2 Å². The molecule has 1 aliphatic rings. The maximum atomic E-state index is 13.5. The van der Waals surface area contributed by atoms with E-state index in [2.05, 4.69) is 11.4 Å². The molecule has 0 bridgehead atoms. The van der Waals surface area contributed by atoms with Crippen molar-refractivity contribution in [3.8, 4) is 5.75 Å². The van der Waals surface area contributed by atoms with E-state index < -0.39 is 16.1 Å². The van der Waals surface area contributed by atoms with E-state index in [0.29, 0.717) is 11.4 Å². The Morgan fingerprint density at radius 2 is 1.67 bits per heavy atom. The number of aryl methyl sites for hydroxylation is 3. The van der Waals surface area contributed by atoms with Gasteiger partial charge in [-0.25, -0.2) is 8.42 Å². The Balaban J connectivity index is 1.62. The summed E-state index contributed by atoms with van der Waals surface area (Å²) in [5, 5.41) is 2.99. The Kier molecular flexibility index (Phi) is 6.17. The van der Waals surface area contributed by atoms with Crippen LogP contribution in [-0.2, 0) is 14.8 Å². The summed E-state index contributed by atoms with van der Waals surface area (Å²) in [6.45, 7) is 7.73. The Morgan fingerprint density at radius 1 is 1.00 bits per heavy atom. The molecule has 0 aliphatic carbocycles. The lowest BCUT2D eigenvalue weighted by molar-refractivity contribution is -0.128. The number of hydrogen-bond donors (Lipinski definition) is 1. The van der Waals surface area contributed by atoms with Crippen molar-refractivity contribution in [1.29, 1.82) is 0 Å². The van der Waals surface area contributed by atoms with E-state index in [4.69, 9.17) is 4.74 Å². The molecule has 4 rings (SSSR count). The predicted molar refractivity (Wildman–Crippen MR) is 129 cm³/mol. The SMILES string of the molecule is Cc1ccc(S(=O)(=O)N2C[C@@H](C(=O)N[C@H](C)c3ccc(C)cc3C)Oc3ccccc32)cc1. The number of nitrogens with one attached hydrogen (secondary N) is 1. The standard InChI is InChI=1S/C26H28N2O4S/c1-17-9-12-21(13-10-17)33(30,31)28-16-25(32-24-8-6-5-7-23(24)28)26(29)27-20(4)22-14-11-18(2)15-19(22)3/h5-15,20,25H,16H2,1-4H3,(H,27,29)/t20-,25+/m1/s1. The zero-order chi connectivity index (χ0) is 23.8. The van der Waals surface area contributed by atoms with E-state index in [-0.39, 0.29) is 23.4 Å². The highest BCUT2D eigenvalue weighted by Gasteiger charge is 2.37. The third-order valence-corrected chi connectivity index (χ3v) is 7.68. The molecule has 3 aromatic carbocycles. The predicted octanol–water partition coefficient (Wildman–Crippen LogP) is 4.45. The van der Waals surface area contributed by atoms with Crippen molar-refractivity contribution in [2.75, 3.05) is 10.8 Å². The molecule has 3 aromatic rings. The van der Waals surface area contributed by atoms with Gasteiger partial charge in [0.25, 0.3) is 15.9 Å². The number of carbonyl (C=O) groups is 1. The molecular weight excluding hydrogens is 436 g/mol. The summed E-state index contributed by atoms with van der Waals surface area (Å²) in [7, 11) is -3.88. The highest BCUT2D eigenvalue weighted by Crippen LogP contribution is 2.37. The average molecular weight is 465 g/mol. The summed E-state index contributed by atoms with van der Waals surface area (Å²) >= 11 is 0. The lowest BCUT2D eigenvalue weighted by Gasteiger charge is -2.35. The van der Waals surface area contributed by atoms with Gasteiger partial charge >= 0.3 is 0 Å². The molecule has 2 atom stereocenters. The molecule has 1 heterocycles. The van der Waals surface area contributed by atoms with Crippen LogP contribution >= 0.6 is 0 Å². The maximum Gasteiger partial charge on any atom is 0.264 e. The van der Waals surface area contributed by atoms with Crippen molar-refractivity contribution in [3.05, 3.63) is 89.0 Å². The zero-order valence-electron chi connectivity index (χ0n) is 19.2. The van der Waals surface area contributed by atoms with Gasteiger partial charge in [0, 0.05) is 0 Å². The van der Waals surface area contributed by atoms with E-state index in [1.165, 1.54) is 4.31 Å². The number of fused-ring (bicyclic) bond motifs is 1. The van der Waals surface area contributed by atoms with Crippen molar-refractivity contribution in [3.63, 3.8) is 0 Å². The first kappa shape index (κ1) is 22.9. The Hall–Kier alpha value is -3.32. The summed E-state index contributed by atoms with van der Waals surface area (Å²) < 4.78 is 34.2. The van der Waals surface area contributed by atoms with Gasteiger partial charge in [-0.1, -0.05) is 53.6 Å². The van der Waals surface area contributed by atoms with Gasteiger partial charge in [-0.2, -0.15) is 0 Å². The molecule has 0 spiro atoms. The Bertz CT molecular complexity index is 1290. The van der Waals surface area contributed by atoms with E-state index >= 15 is 0 Å². The number of para-hydroxylation sites is 2. The third kappa shape index (κ3) is 4.59. The van der Waals surface area contributed by atoms with Crippen LogP contribution in [0.15, 0.2) is 71.6 Å². The number of anilines is 1. The number of amides is 1. The molecule has 172 valence electrons. The van der Waals surface area contributed by atoms with Crippen LogP contribution in [0.4, 0.5) is 5.69 Å². The Labute approximate surface area is 195 Å². The minimum atomic E-state index is -3.88. The molecule has 0 saturated carbocycles. The summed E-state index contributed by atoms with van der Waals surface area (Å²) in [6.07, 6.45) is -0.978. The molecule has 0 radical (unpaired) electrons. The van der Waals surface area contributed by atoms with Gasteiger partial charge in [0.05, 0.1) is 23.2 Å². The fourth-order valence-electron chi connectivity index (χ4n) is 4.10. The maximum absolute atomic E-state index is 13.5. The minimum absolute atomic E-state index is 0.112. The van der Waals surface area contributed by atoms with Gasteiger partial charge in [-0.05, 0) is 63.1 Å². The quantitative estimate of drug-likeness (QED) is 0.606. The number of rotatable bonds is 5. The second-order valence-corrected chi connectivity index (χ2v) is 10.4. The van der Waals surface area contributed by atoms with Gasteiger partial charge < -0.3 is 10.1 Å². The van der Waals surface area contributed by atoms with Crippen LogP contribution in [0.3, 0.4) is 0 Å². The van der Waals surface area contributed by atoms with Gasteiger partial charge in [0.15, 0.2) is 6.10 Å². The smallest absolute Gasteiger partial charge is 0.264 e. The van der Waals surface area contributed by atoms with E-state index in [0.717, 1.165) is 22.3 Å². The Morgan fingerprint density at radius 3 is 2.36 bits per heavy atom. The van der Waals surface area contributed by atoms with Gasteiger partial charge in [0.2, 0.25) is 0 Å². The largest absolute Gasteiger partial charge is 0.476 e. The summed E-state index contributed by atoms with van der Waals surface area (Å²) in [4.78, 5) is 13.3. The first-order valence-corrected chi connectivity index (χ1v) is 12.3. The molecule has 1 aliphatic heterocycles. The molecule has 6 nitrogen and oxygen atoms in total. The molecule has 1 N–H and O–H groups in total. The number of benzene rings is 3. The highest BCUT2D eigenvalue weighted by molar-refractivity contribution is 7.92. The average Bonchev–Trinajstić information content (AvgIpc) is 2.78. The van der Waals surface area contributed by atoms with Crippen LogP contribution < -0.4 is 14.4 Å². The molecule has 0 saturated heterocycles. The monoisotopic (exact) mass is 464 g/mol. The van der Waals surface area contributed by atoms with Gasteiger partial charge in [0.1, 0.15) is 5.75 Å². The fraction of sp³-hybridized carbons (Fsp3) is 0.269. The molecule has 1 amide bonds. The van der Waals surface area contributed by atoms with Crippen molar-refractivity contribution >= 4 is 21.6 Å². The molecule has 7 heteroatoms. The molecule has 33 heavy (non-hydrogen) atoms. The normalized spacial score (nSPS) is 16.5. The zero-order valence-corrected chi connectivity index (χ0v) is 20.0. The van der Waals surface area contributed by atoms with Crippen molar-refractivity contribution in [2.24, 2.45) is 0 Å². The number of nitrogens with zero attached hydrogens (tertiary/aromatic N) is 1. The third-order valence-electron chi connectivity index (χ3n) is 5.89. The minimum Gasteiger partial charge on any atom is -0.476 e. The van der Waals surface area contributed by atoms with Crippen LogP contribution in [0, 0.1) is 20.8 Å². The van der Waals surface area contributed by atoms with Crippen LogP contribution in [-0.4, -0.2) is 27.0 Å². The number of hydrogen-bond acceptors (Lipinski definition) is 4. The number of ether oxygens (including phenoxy) is 1. The van der Waals surface area contributed by atoms with Crippen molar-refractivity contribution in [2.45, 2.75) is 44.7 Å². The number of carbonyl (C=O) groups excluding carboxylic acids is 1. The summed E-state index contributed by atoms with van der Waals surface area (Å²) in [5.41, 5.74) is 4.63. The first-order chi connectivity index (χ1) is 15.7. The second-order valence-electron chi connectivity index (χ2n) is 8.51. The second kappa shape index (κ2) is 8.90.